The highest BCUT2D eigenvalue weighted by molar-refractivity contribution is 7.92. The maximum absolute atomic E-state index is 11.5. The van der Waals surface area contributed by atoms with Crippen LogP contribution in [0.1, 0.15) is 0 Å². The lowest BCUT2D eigenvalue weighted by molar-refractivity contribution is -0.192. The Morgan fingerprint density at radius 1 is 0.805 bits per heavy atom. The molecule has 0 aliphatic rings. The summed E-state index contributed by atoms with van der Waals surface area (Å²) in [7, 11) is -3.32. The second-order valence-electron chi connectivity index (χ2n) is 8.77. The fourth-order valence-electron chi connectivity index (χ4n) is 3.81. The van der Waals surface area contributed by atoms with Crippen LogP contribution < -0.4 is 10.0 Å². The van der Waals surface area contributed by atoms with Crippen molar-refractivity contribution in [2.45, 2.75) is 6.18 Å². The van der Waals surface area contributed by atoms with E-state index in [1.54, 1.807) is 18.3 Å². The summed E-state index contributed by atoms with van der Waals surface area (Å²) in [4.78, 5) is 18.0. The first-order chi connectivity index (χ1) is 19.4. The van der Waals surface area contributed by atoms with E-state index in [1.807, 2.05) is 66.9 Å². The Kier molecular flexibility index (Phi) is 8.53. The maximum atomic E-state index is 11.5. The van der Waals surface area contributed by atoms with Gasteiger partial charge in [-0.25, -0.2) is 18.2 Å². The van der Waals surface area contributed by atoms with Crippen molar-refractivity contribution in [2.24, 2.45) is 0 Å². The zero-order chi connectivity index (χ0) is 29.6. The molecule has 0 aliphatic heterocycles. The molecule has 0 radical (unpaired) electrons. The minimum atomic E-state index is -5.08. The van der Waals surface area contributed by atoms with Crippen LogP contribution in [0.2, 0.25) is 0 Å². The van der Waals surface area contributed by atoms with Crippen LogP contribution in [0.3, 0.4) is 0 Å². The van der Waals surface area contributed by atoms with E-state index in [0.717, 1.165) is 50.9 Å². The Balaban J connectivity index is 0.000000493. The van der Waals surface area contributed by atoms with Gasteiger partial charge in [0.05, 0.1) is 11.8 Å². The van der Waals surface area contributed by atoms with Crippen LogP contribution in [-0.2, 0) is 14.8 Å². The minimum Gasteiger partial charge on any atom is -0.475 e. The highest BCUT2D eigenvalue weighted by Gasteiger charge is 2.38. The molecule has 3 aromatic carbocycles. The fraction of sp³-hybridized carbons (Fsp3) is 0.0690. The van der Waals surface area contributed by atoms with Gasteiger partial charge in [0, 0.05) is 34.7 Å². The summed E-state index contributed by atoms with van der Waals surface area (Å²) in [5.41, 5.74) is 6.37. The Morgan fingerprint density at radius 3 is 2.10 bits per heavy atom. The summed E-state index contributed by atoms with van der Waals surface area (Å²) in [5, 5.41) is 11.5. The van der Waals surface area contributed by atoms with E-state index in [0.29, 0.717) is 5.69 Å². The Bertz CT molecular complexity index is 1780. The van der Waals surface area contributed by atoms with Gasteiger partial charge in [0.15, 0.2) is 0 Å². The molecule has 3 N–H and O–H groups in total. The molecule has 5 rings (SSSR count). The molecule has 12 heteroatoms. The average molecular weight is 581 g/mol. The van der Waals surface area contributed by atoms with Crippen molar-refractivity contribution in [3.8, 4) is 22.3 Å². The van der Waals surface area contributed by atoms with E-state index in [-0.39, 0.29) is 0 Å². The van der Waals surface area contributed by atoms with Crippen molar-refractivity contribution in [3.63, 3.8) is 0 Å². The lowest BCUT2D eigenvalue weighted by atomic mass is 10.0. The summed E-state index contributed by atoms with van der Waals surface area (Å²) in [6.07, 6.45) is -0.335. The number of rotatable bonds is 6. The predicted molar refractivity (Wildman–Crippen MR) is 152 cm³/mol. The number of sulfonamides is 1. The number of halogens is 3. The van der Waals surface area contributed by atoms with E-state index in [1.165, 1.54) is 0 Å². The third kappa shape index (κ3) is 8.02. The Morgan fingerprint density at radius 2 is 1.46 bits per heavy atom. The number of hydrogen-bond acceptors (Lipinski definition) is 6. The van der Waals surface area contributed by atoms with E-state index in [2.05, 4.69) is 38.2 Å². The molecule has 2 aromatic heterocycles. The quantitative estimate of drug-likeness (QED) is 0.204. The lowest BCUT2D eigenvalue weighted by Gasteiger charge is -2.12. The topological polar surface area (TPSA) is 121 Å². The van der Waals surface area contributed by atoms with Gasteiger partial charge in [0.2, 0.25) is 10.0 Å². The van der Waals surface area contributed by atoms with E-state index in [4.69, 9.17) is 9.90 Å². The summed E-state index contributed by atoms with van der Waals surface area (Å²) in [5.74, 6) is -2.01. The molecule has 210 valence electrons. The van der Waals surface area contributed by atoms with Crippen molar-refractivity contribution in [1.29, 1.82) is 0 Å². The van der Waals surface area contributed by atoms with Crippen molar-refractivity contribution in [1.82, 2.24) is 9.97 Å². The summed E-state index contributed by atoms with van der Waals surface area (Å²) in [6, 6.07) is 29.4. The van der Waals surface area contributed by atoms with Crippen LogP contribution in [0, 0.1) is 0 Å². The Labute approximate surface area is 233 Å². The van der Waals surface area contributed by atoms with Gasteiger partial charge < -0.3 is 10.4 Å². The molecule has 2 heterocycles. The first-order valence-corrected chi connectivity index (χ1v) is 13.8. The zero-order valence-corrected chi connectivity index (χ0v) is 22.2. The van der Waals surface area contributed by atoms with Crippen LogP contribution in [0.25, 0.3) is 33.2 Å². The third-order valence-electron chi connectivity index (χ3n) is 5.62. The molecule has 0 bridgehead atoms. The number of nitrogens with one attached hydrogen (secondary N) is 2. The van der Waals surface area contributed by atoms with Crippen molar-refractivity contribution in [3.05, 3.63) is 103 Å². The van der Waals surface area contributed by atoms with Gasteiger partial charge in [-0.2, -0.15) is 13.2 Å². The van der Waals surface area contributed by atoms with Gasteiger partial charge >= 0.3 is 12.1 Å². The van der Waals surface area contributed by atoms with E-state index >= 15 is 0 Å². The molecular weight excluding hydrogens is 557 g/mol. The van der Waals surface area contributed by atoms with E-state index in [9.17, 15) is 21.6 Å². The van der Waals surface area contributed by atoms with Crippen LogP contribution in [0.15, 0.2) is 103 Å². The monoisotopic (exact) mass is 580 g/mol. The number of hydrogen-bond donors (Lipinski definition) is 3. The summed E-state index contributed by atoms with van der Waals surface area (Å²) < 4.78 is 57.1. The molecule has 5 aromatic rings. The molecule has 0 amide bonds. The standard InChI is InChI=1S/C27H22N4O2S.C2HF3O2/c1-34(32,33)31-23-12-10-20(11-13-23)22-16-24-25(29-18-22)8-5-9-26(24)30-27-17-21(14-15-28-27)19-6-3-2-4-7-19;3-2(4,5)1(6)7/h2-18,31H,1H3,(H,28,30);(H,6,7). The van der Waals surface area contributed by atoms with Crippen LogP contribution in [-0.4, -0.2) is 41.9 Å². The number of carbonyl (C=O) groups is 1. The van der Waals surface area contributed by atoms with Crippen molar-refractivity contribution in [2.75, 3.05) is 16.3 Å². The van der Waals surface area contributed by atoms with Crippen molar-refractivity contribution < 1.29 is 31.5 Å². The normalized spacial score (nSPS) is 11.3. The number of carboxylic acids is 1. The lowest BCUT2D eigenvalue weighted by Crippen LogP contribution is -2.21. The van der Waals surface area contributed by atoms with Gasteiger partial charge in [-0.3, -0.25) is 9.71 Å². The molecule has 0 spiro atoms. The molecular formula is C29H23F3N4O4S. The highest BCUT2D eigenvalue weighted by Crippen LogP contribution is 2.31. The second kappa shape index (κ2) is 12.0. The number of benzene rings is 3. The molecule has 0 saturated heterocycles. The van der Waals surface area contributed by atoms with Gasteiger partial charge in [0.25, 0.3) is 0 Å². The molecule has 0 fully saturated rings. The van der Waals surface area contributed by atoms with Gasteiger partial charge in [-0.1, -0.05) is 48.5 Å². The molecule has 0 unspecified atom stereocenters. The molecule has 41 heavy (non-hydrogen) atoms. The average Bonchev–Trinajstić information content (AvgIpc) is 2.93. The predicted octanol–water partition coefficient (Wildman–Crippen LogP) is 6.71. The zero-order valence-electron chi connectivity index (χ0n) is 21.4. The van der Waals surface area contributed by atoms with Gasteiger partial charge in [-0.15, -0.1) is 0 Å². The maximum Gasteiger partial charge on any atom is 0.490 e. The Hall–Kier alpha value is -4.97. The number of anilines is 3. The van der Waals surface area contributed by atoms with Gasteiger partial charge in [0.1, 0.15) is 5.82 Å². The number of pyridine rings is 2. The third-order valence-corrected chi connectivity index (χ3v) is 6.23. The van der Waals surface area contributed by atoms with Crippen molar-refractivity contribution >= 4 is 44.1 Å². The minimum absolute atomic E-state index is 0.520. The molecule has 0 saturated carbocycles. The van der Waals surface area contributed by atoms with Crippen LogP contribution in [0.4, 0.5) is 30.4 Å². The number of alkyl halides is 3. The van der Waals surface area contributed by atoms with Gasteiger partial charge in [-0.05, 0) is 59.2 Å². The largest absolute Gasteiger partial charge is 0.490 e. The molecule has 0 atom stereocenters. The highest BCUT2D eigenvalue weighted by atomic mass is 32.2. The number of nitrogens with zero attached hydrogens (tertiary/aromatic N) is 2. The first-order valence-electron chi connectivity index (χ1n) is 11.9. The van der Waals surface area contributed by atoms with Crippen LogP contribution in [0.5, 0.6) is 0 Å². The first kappa shape index (κ1) is 29.0. The fourth-order valence-corrected chi connectivity index (χ4v) is 4.37. The number of aromatic nitrogens is 2. The number of carboxylic acid groups (broad SMARTS) is 1. The summed E-state index contributed by atoms with van der Waals surface area (Å²) in [6.45, 7) is 0. The SMILES string of the molecule is CS(=O)(=O)Nc1ccc(-c2cnc3cccc(Nc4cc(-c5ccccc5)ccn4)c3c2)cc1.O=C(O)C(F)(F)F. The number of aliphatic carboxylic acids is 1. The number of fused-ring (bicyclic) bond motifs is 1. The molecule has 8 nitrogen and oxygen atoms in total. The molecule has 0 aliphatic carbocycles. The smallest absolute Gasteiger partial charge is 0.475 e. The van der Waals surface area contributed by atoms with Crippen LogP contribution >= 0.6 is 0 Å². The van der Waals surface area contributed by atoms with E-state index < -0.39 is 22.2 Å². The summed E-state index contributed by atoms with van der Waals surface area (Å²) >= 11 is 0. The second-order valence-corrected chi connectivity index (χ2v) is 10.5.